The van der Waals surface area contributed by atoms with Crippen molar-refractivity contribution in [3.63, 3.8) is 0 Å². The van der Waals surface area contributed by atoms with Gasteiger partial charge in [0.05, 0.1) is 0 Å². The van der Waals surface area contributed by atoms with Gasteiger partial charge in [-0.3, -0.25) is 0 Å². The van der Waals surface area contributed by atoms with Crippen LogP contribution in [0.2, 0.25) is 0 Å². The molecule has 0 radical (unpaired) electrons. The molecule has 0 aromatic rings. The lowest BCUT2D eigenvalue weighted by atomic mass is 9.84. The predicted molar refractivity (Wildman–Crippen MR) is 47.5 cm³/mol. The van der Waals surface area contributed by atoms with Gasteiger partial charge >= 0.3 is 0 Å². The molecular formula is C10H19N. The molecule has 64 valence electrons. The summed E-state index contributed by atoms with van der Waals surface area (Å²) in [7, 11) is 0. The molecule has 1 aliphatic heterocycles. The van der Waals surface area contributed by atoms with Gasteiger partial charge in [0.1, 0.15) is 0 Å². The van der Waals surface area contributed by atoms with Crippen molar-refractivity contribution in [2.45, 2.75) is 33.6 Å². The Hall–Kier alpha value is -0.0400. The molecule has 1 heteroatoms. The third-order valence-electron chi connectivity index (χ3n) is 3.51. The van der Waals surface area contributed by atoms with E-state index in [-0.39, 0.29) is 0 Å². The van der Waals surface area contributed by atoms with Crippen molar-refractivity contribution >= 4 is 0 Å². The molecule has 11 heavy (non-hydrogen) atoms. The van der Waals surface area contributed by atoms with Crippen molar-refractivity contribution in [1.82, 2.24) is 5.32 Å². The molecule has 0 amide bonds. The summed E-state index contributed by atoms with van der Waals surface area (Å²) in [4.78, 5) is 0. The van der Waals surface area contributed by atoms with Gasteiger partial charge in [0.25, 0.3) is 0 Å². The summed E-state index contributed by atoms with van der Waals surface area (Å²) in [6.45, 7) is 9.68. The number of rotatable bonds is 0. The highest BCUT2D eigenvalue weighted by Gasteiger charge is 2.59. The van der Waals surface area contributed by atoms with Gasteiger partial charge in [-0.15, -0.1) is 0 Å². The van der Waals surface area contributed by atoms with Crippen LogP contribution in [0.3, 0.4) is 0 Å². The van der Waals surface area contributed by atoms with Crippen LogP contribution in [0.5, 0.6) is 0 Å². The zero-order valence-corrected chi connectivity index (χ0v) is 7.91. The second-order valence-corrected chi connectivity index (χ2v) is 5.41. The fraction of sp³-hybridized carbons (Fsp3) is 1.00. The molecule has 1 heterocycles. The molecule has 2 rings (SSSR count). The van der Waals surface area contributed by atoms with Gasteiger partial charge < -0.3 is 5.32 Å². The quantitative estimate of drug-likeness (QED) is 0.561. The average molecular weight is 153 g/mol. The van der Waals surface area contributed by atoms with Gasteiger partial charge in [-0.2, -0.15) is 0 Å². The van der Waals surface area contributed by atoms with Gasteiger partial charge in [0, 0.05) is 6.54 Å². The van der Waals surface area contributed by atoms with Crippen LogP contribution in [-0.2, 0) is 0 Å². The summed E-state index contributed by atoms with van der Waals surface area (Å²) in [5.74, 6) is 0.991. The Morgan fingerprint density at radius 3 is 2.45 bits per heavy atom. The summed E-state index contributed by atoms with van der Waals surface area (Å²) in [6, 6.07) is 0. The molecule has 1 saturated carbocycles. The minimum atomic E-state index is 0.548. The first-order chi connectivity index (χ1) is 5.05. The first-order valence-electron chi connectivity index (χ1n) is 4.75. The van der Waals surface area contributed by atoms with Gasteiger partial charge in [0.2, 0.25) is 0 Å². The van der Waals surface area contributed by atoms with Crippen LogP contribution in [-0.4, -0.2) is 13.1 Å². The zero-order chi connectivity index (χ0) is 8.11. The predicted octanol–water partition coefficient (Wildman–Crippen LogP) is 2.03. The molecule has 0 aromatic heterocycles. The Morgan fingerprint density at radius 1 is 1.36 bits per heavy atom. The Kier molecular flexibility index (Phi) is 1.39. The van der Waals surface area contributed by atoms with Crippen molar-refractivity contribution < 1.29 is 0 Å². The largest absolute Gasteiger partial charge is 0.316 e. The van der Waals surface area contributed by atoms with Crippen LogP contribution in [0.15, 0.2) is 0 Å². The first-order valence-corrected chi connectivity index (χ1v) is 4.75. The Bertz CT molecular complexity index is 160. The van der Waals surface area contributed by atoms with E-state index < -0.39 is 0 Å². The van der Waals surface area contributed by atoms with Crippen molar-refractivity contribution in [2.24, 2.45) is 16.7 Å². The lowest BCUT2D eigenvalue weighted by molar-refractivity contribution is 0.289. The lowest BCUT2D eigenvalue weighted by Crippen LogP contribution is -2.18. The van der Waals surface area contributed by atoms with Crippen LogP contribution in [0, 0.1) is 16.7 Å². The van der Waals surface area contributed by atoms with E-state index in [1.807, 2.05) is 0 Å². The highest BCUT2D eigenvalue weighted by Crippen LogP contribution is 2.63. The maximum atomic E-state index is 3.48. The second kappa shape index (κ2) is 2.01. The van der Waals surface area contributed by atoms with Crippen molar-refractivity contribution in [1.29, 1.82) is 0 Å². The molecule has 1 saturated heterocycles. The lowest BCUT2D eigenvalue weighted by Gasteiger charge is -2.21. The molecule has 2 aliphatic rings. The zero-order valence-electron chi connectivity index (χ0n) is 7.91. The monoisotopic (exact) mass is 153 g/mol. The third-order valence-corrected chi connectivity index (χ3v) is 3.51. The smallest absolute Gasteiger partial charge is 0.00113 e. The van der Waals surface area contributed by atoms with E-state index in [1.165, 1.54) is 25.9 Å². The van der Waals surface area contributed by atoms with Crippen LogP contribution >= 0.6 is 0 Å². The molecule has 1 N–H and O–H groups in total. The fourth-order valence-electron chi connectivity index (χ4n) is 2.81. The van der Waals surface area contributed by atoms with Gasteiger partial charge in [-0.1, -0.05) is 20.8 Å². The molecule has 1 aliphatic carbocycles. The van der Waals surface area contributed by atoms with Gasteiger partial charge in [-0.25, -0.2) is 0 Å². The third kappa shape index (κ3) is 1.10. The van der Waals surface area contributed by atoms with E-state index >= 15 is 0 Å². The first kappa shape index (κ1) is 7.60. The van der Waals surface area contributed by atoms with E-state index in [0.29, 0.717) is 5.41 Å². The van der Waals surface area contributed by atoms with E-state index in [1.54, 1.807) is 0 Å². The van der Waals surface area contributed by atoms with Gasteiger partial charge in [-0.05, 0) is 36.1 Å². The minimum Gasteiger partial charge on any atom is -0.316 e. The average Bonchev–Trinajstić information content (AvgIpc) is 2.31. The van der Waals surface area contributed by atoms with Crippen molar-refractivity contribution in [2.75, 3.05) is 13.1 Å². The fourth-order valence-corrected chi connectivity index (χ4v) is 2.81. The number of hydrogen-bond acceptors (Lipinski definition) is 1. The second-order valence-electron chi connectivity index (χ2n) is 5.41. The molecule has 2 atom stereocenters. The SMILES string of the molecule is CC(C)(C)[C@H]1CC12CCNC2. The molecule has 1 nitrogen and oxygen atoms in total. The maximum absolute atomic E-state index is 3.48. The summed E-state index contributed by atoms with van der Waals surface area (Å²) in [6.07, 6.45) is 2.90. The van der Waals surface area contributed by atoms with Crippen LogP contribution in [0.4, 0.5) is 0 Å². The Morgan fingerprint density at radius 2 is 2.09 bits per heavy atom. The number of hydrogen-bond donors (Lipinski definition) is 1. The van der Waals surface area contributed by atoms with E-state index in [0.717, 1.165) is 11.3 Å². The number of nitrogens with one attached hydrogen (secondary N) is 1. The summed E-state index contributed by atoms with van der Waals surface area (Å²) in [5, 5.41) is 3.48. The normalized spacial score (nSPS) is 43.4. The minimum absolute atomic E-state index is 0.548. The molecule has 1 spiro atoms. The maximum Gasteiger partial charge on any atom is 0.00113 e. The molecule has 0 bridgehead atoms. The highest BCUT2D eigenvalue weighted by molar-refractivity contribution is 5.10. The molecule has 1 unspecified atom stereocenters. The van der Waals surface area contributed by atoms with E-state index in [4.69, 9.17) is 0 Å². The van der Waals surface area contributed by atoms with Crippen LogP contribution in [0.1, 0.15) is 33.6 Å². The summed E-state index contributed by atoms with van der Waals surface area (Å²) in [5.41, 5.74) is 1.28. The van der Waals surface area contributed by atoms with Crippen LogP contribution < -0.4 is 5.32 Å². The topological polar surface area (TPSA) is 12.0 Å². The van der Waals surface area contributed by atoms with Gasteiger partial charge in [0.15, 0.2) is 0 Å². The Labute approximate surface area is 69.6 Å². The van der Waals surface area contributed by atoms with E-state index in [9.17, 15) is 0 Å². The standard InChI is InChI=1S/C10H19N/c1-9(2,3)8-6-10(8)4-5-11-7-10/h8,11H,4-7H2,1-3H3/t8-,10?/m1/s1. The summed E-state index contributed by atoms with van der Waals surface area (Å²) < 4.78 is 0. The Balaban J connectivity index is 2.03. The van der Waals surface area contributed by atoms with Crippen molar-refractivity contribution in [3.8, 4) is 0 Å². The van der Waals surface area contributed by atoms with E-state index in [2.05, 4.69) is 26.1 Å². The van der Waals surface area contributed by atoms with Crippen molar-refractivity contribution in [3.05, 3.63) is 0 Å². The summed E-state index contributed by atoms with van der Waals surface area (Å²) >= 11 is 0. The highest BCUT2D eigenvalue weighted by atomic mass is 15.0. The molecule has 0 aromatic carbocycles. The molecule has 2 fully saturated rings. The van der Waals surface area contributed by atoms with Crippen LogP contribution in [0.25, 0.3) is 0 Å². The molecular weight excluding hydrogens is 134 g/mol.